The third-order valence-electron chi connectivity index (χ3n) is 3.28. The molecule has 0 aliphatic rings. The molecule has 1 aromatic heterocycles. The van der Waals surface area contributed by atoms with Gasteiger partial charge in [-0.25, -0.2) is 9.97 Å². The van der Waals surface area contributed by atoms with Crippen LogP contribution in [0.2, 0.25) is 0 Å². The van der Waals surface area contributed by atoms with Crippen molar-refractivity contribution in [3.63, 3.8) is 0 Å². The normalized spacial score (nSPS) is 11.8. The van der Waals surface area contributed by atoms with Gasteiger partial charge in [-0.1, -0.05) is 36.7 Å². The lowest BCUT2D eigenvalue weighted by Crippen LogP contribution is -2.18. The Morgan fingerprint density at radius 3 is 2.10 bits per heavy atom. The van der Waals surface area contributed by atoms with Crippen LogP contribution in [0.1, 0.15) is 37.6 Å². The Bertz CT molecular complexity index is 682. The van der Waals surface area contributed by atoms with Gasteiger partial charge >= 0.3 is 0 Å². The number of aryl methyl sites for hydroxylation is 2. The summed E-state index contributed by atoms with van der Waals surface area (Å²) in [6, 6.07) is 4.18. The van der Waals surface area contributed by atoms with E-state index in [-0.39, 0.29) is 5.41 Å². The van der Waals surface area contributed by atoms with Crippen LogP contribution in [0.15, 0.2) is 16.6 Å². The summed E-state index contributed by atoms with van der Waals surface area (Å²) < 4.78 is 2.06. The number of nitrogens with zero attached hydrogens (tertiary/aromatic N) is 2. The number of hydrogen-bond acceptors (Lipinski definition) is 3. The van der Waals surface area contributed by atoms with Gasteiger partial charge in [-0.3, -0.25) is 0 Å². The van der Waals surface area contributed by atoms with Crippen molar-refractivity contribution in [1.82, 2.24) is 9.97 Å². The molecule has 0 spiro atoms. The summed E-state index contributed by atoms with van der Waals surface area (Å²) in [5, 5.41) is 0. The molecular weight excluding hydrogens is 441 g/mol. The van der Waals surface area contributed by atoms with Crippen molar-refractivity contribution < 1.29 is 0 Å². The van der Waals surface area contributed by atoms with Crippen molar-refractivity contribution in [2.24, 2.45) is 0 Å². The van der Waals surface area contributed by atoms with Gasteiger partial charge < -0.3 is 5.73 Å². The van der Waals surface area contributed by atoms with Crippen LogP contribution in [0.5, 0.6) is 0 Å². The molecular formula is C16H19BrIN3. The molecule has 0 saturated heterocycles. The third kappa shape index (κ3) is 3.39. The highest BCUT2D eigenvalue weighted by atomic mass is 127. The van der Waals surface area contributed by atoms with E-state index in [4.69, 9.17) is 10.7 Å². The van der Waals surface area contributed by atoms with E-state index in [0.29, 0.717) is 11.6 Å². The monoisotopic (exact) mass is 459 g/mol. The molecule has 5 heteroatoms. The summed E-state index contributed by atoms with van der Waals surface area (Å²) in [4.78, 5) is 9.25. The first-order valence-corrected chi connectivity index (χ1v) is 8.59. The number of rotatable bonds is 1. The summed E-state index contributed by atoms with van der Waals surface area (Å²) in [6.45, 7) is 10.6. The average Bonchev–Trinajstić information content (AvgIpc) is 2.37. The highest BCUT2D eigenvalue weighted by molar-refractivity contribution is 14.1. The van der Waals surface area contributed by atoms with E-state index in [2.05, 4.69) is 90.3 Å². The average molecular weight is 460 g/mol. The first-order valence-electron chi connectivity index (χ1n) is 6.72. The molecule has 0 fully saturated rings. The maximum absolute atomic E-state index is 6.09. The first kappa shape index (κ1) is 16.7. The fourth-order valence-corrected chi connectivity index (χ4v) is 3.44. The highest BCUT2D eigenvalue weighted by Crippen LogP contribution is 2.32. The molecule has 2 rings (SSSR count). The maximum atomic E-state index is 6.09. The lowest BCUT2D eigenvalue weighted by molar-refractivity contribution is 0.564. The SMILES string of the molecule is Cc1cc(-c2nc(N)c(I)c(C(C)(C)C)n2)cc(C)c1Br. The molecule has 1 heterocycles. The fourth-order valence-electron chi connectivity index (χ4n) is 2.17. The molecule has 2 aromatic rings. The number of halogens is 2. The quantitative estimate of drug-likeness (QED) is 0.610. The second-order valence-electron chi connectivity index (χ2n) is 6.27. The van der Waals surface area contributed by atoms with Crippen molar-refractivity contribution >= 4 is 44.3 Å². The number of anilines is 1. The van der Waals surface area contributed by atoms with E-state index in [1.165, 1.54) is 11.1 Å². The van der Waals surface area contributed by atoms with Crippen molar-refractivity contribution in [2.45, 2.75) is 40.0 Å². The van der Waals surface area contributed by atoms with Crippen LogP contribution in [0.25, 0.3) is 11.4 Å². The molecule has 2 N–H and O–H groups in total. The standard InChI is InChI=1S/C16H19BrIN3/c1-8-6-10(7-9(2)11(8)17)15-20-13(16(3,4)5)12(18)14(19)21-15/h6-7H,1-5H3,(H2,19,20,21). The zero-order valence-corrected chi connectivity index (χ0v) is 16.6. The van der Waals surface area contributed by atoms with Crippen LogP contribution >= 0.6 is 38.5 Å². The van der Waals surface area contributed by atoms with Gasteiger partial charge in [0.1, 0.15) is 5.82 Å². The highest BCUT2D eigenvalue weighted by Gasteiger charge is 2.23. The Hall–Kier alpha value is -0.690. The van der Waals surface area contributed by atoms with Gasteiger partial charge in [0, 0.05) is 15.5 Å². The topological polar surface area (TPSA) is 51.8 Å². The smallest absolute Gasteiger partial charge is 0.161 e. The van der Waals surface area contributed by atoms with Crippen LogP contribution in [0, 0.1) is 17.4 Å². The first-order chi connectivity index (χ1) is 9.61. The Balaban J connectivity index is 2.68. The Labute approximate surface area is 148 Å². The molecule has 0 aliphatic heterocycles. The summed E-state index contributed by atoms with van der Waals surface area (Å²) in [6.07, 6.45) is 0. The second-order valence-corrected chi connectivity index (χ2v) is 8.14. The van der Waals surface area contributed by atoms with Gasteiger partial charge in [0.25, 0.3) is 0 Å². The molecule has 0 bridgehead atoms. The van der Waals surface area contributed by atoms with Crippen molar-refractivity contribution in [2.75, 3.05) is 5.73 Å². The van der Waals surface area contributed by atoms with Crippen LogP contribution in [0.4, 0.5) is 5.82 Å². The van der Waals surface area contributed by atoms with E-state index in [1.807, 2.05) is 0 Å². The van der Waals surface area contributed by atoms with Crippen LogP contribution in [-0.4, -0.2) is 9.97 Å². The summed E-state index contributed by atoms with van der Waals surface area (Å²) >= 11 is 5.82. The Kier molecular flexibility index (Phi) is 4.63. The number of hydrogen-bond donors (Lipinski definition) is 1. The maximum Gasteiger partial charge on any atom is 0.161 e. The van der Waals surface area contributed by atoms with E-state index in [1.54, 1.807) is 0 Å². The van der Waals surface area contributed by atoms with Gasteiger partial charge in [0.15, 0.2) is 5.82 Å². The zero-order chi connectivity index (χ0) is 15.9. The molecule has 112 valence electrons. The van der Waals surface area contributed by atoms with E-state index in [9.17, 15) is 0 Å². The fraction of sp³-hybridized carbons (Fsp3) is 0.375. The zero-order valence-electron chi connectivity index (χ0n) is 12.9. The number of nitrogen functional groups attached to an aromatic ring is 1. The van der Waals surface area contributed by atoms with E-state index >= 15 is 0 Å². The summed E-state index contributed by atoms with van der Waals surface area (Å²) in [7, 11) is 0. The molecule has 0 saturated carbocycles. The minimum atomic E-state index is -0.0677. The van der Waals surface area contributed by atoms with E-state index < -0.39 is 0 Å². The number of aromatic nitrogens is 2. The summed E-state index contributed by atoms with van der Waals surface area (Å²) in [5.74, 6) is 1.24. The van der Waals surface area contributed by atoms with Crippen molar-refractivity contribution in [3.8, 4) is 11.4 Å². The molecule has 0 aliphatic carbocycles. The molecule has 1 aromatic carbocycles. The molecule has 3 nitrogen and oxygen atoms in total. The molecule has 0 amide bonds. The number of benzene rings is 1. The van der Waals surface area contributed by atoms with Gasteiger partial charge in [0.2, 0.25) is 0 Å². The van der Waals surface area contributed by atoms with Gasteiger partial charge in [-0.15, -0.1) is 0 Å². The molecule has 0 unspecified atom stereocenters. The molecule has 0 atom stereocenters. The van der Waals surface area contributed by atoms with E-state index in [0.717, 1.165) is 19.3 Å². The lowest BCUT2D eigenvalue weighted by Gasteiger charge is -2.21. The van der Waals surface area contributed by atoms with Gasteiger partial charge in [0.05, 0.1) is 9.26 Å². The largest absolute Gasteiger partial charge is 0.383 e. The van der Waals surface area contributed by atoms with Crippen molar-refractivity contribution in [3.05, 3.63) is 37.0 Å². The Morgan fingerprint density at radius 2 is 1.62 bits per heavy atom. The van der Waals surface area contributed by atoms with Crippen LogP contribution in [-0.2, 0) is 5.41 Å². The van der Waals surface area contributed by atoms with Crippen LogP contribution in [0.3, 0.4) is 0 Å². The minimum absolute atomic E-state index is 0.0677. The summed E-state index contributed by atoms with van der Waals surface area (Å²) in [5.41, 5.74) is 10.4. The second kappa shape index (κ2) is 5.83. The Morgan fingerprint density at radius 1 is 1.10 bits per heavy atom. The van der Waals surface area contributed by atoms with Crippen LogP contribution < -0.4 is 5.73 Å². The predicted molar refractivity (Wildman–Crippen MR) is 100 cm³/mol. The number of nitrogens with two attached hydrogens (primary N) is 1. The molecule has 0 radical (unpaired) electrons. The lowest BCUT2D eigenvalue weighted by atomic mass is 9.91. The third-order valence-corrected chi connectivity index (χ3v) is 5.60. The minimum Gasteiger partial charge on any atom is -0.383 e. The predicted octanol–water partition coefficient (Wildman–Crippen LogP) is 5.01. The molecule has 21 heavy (non-hydrogen) atoms. The van der Waals surface area contributed by atoms with Gasteiger partial charge in [-0.05, 0) is 59.7 Å². The van der Waals surface area contributed by atoms with Gasteiger partial charge in [-0.2, -0.15) is 0 Å². The van der Waals surface area contributed by atoms with Crippen molar-refractivity contribution in [1.29, 1.82) is 0 Å².